The van der Waals surface area contributed by atoms with Gasteiger partial charge in [0.1, 0.15) is 17.6 Å². The molecule has 6 aliphatic rings. The van der Waals surface area contributed by atoms with Crippen molar-refractivity contribution in [2.45, 2.75) is 101 Å². The fourth-order valence-electron chi connectivity index (χ4n) is 10.5. The zero-order valence-corrected chi connectivity index (χ0v) is 43.4. The van der Waals surface area contributed by atoms with Gasteiger partial charge in [0.25, 0.3) is 0 Å². The van der Waals surface area contributed by atoms with Crippen molar-refractivity contribution in [3.63, 3.8) is 0 Å². The Morgan fingerprint density at radius 2 is 1.07 bits per heavy atom. The van der Waals surface area contributed by atoms with Gasteiger partial charge in [0, 0.05) is 67.5 Å². The number of carbonyl (C=O) groups is 2. The van der Waals surface area contributed by atoms with Crippen LogP contribution in [0.1, 0.15) is 89.0 Å². The van der Waals surface area contributed by atoms with Crippen LogP contribution in [0.3, 0.4) is 0 Å². The smallest absolute Gasteiger partial charge is 0.308 e. The van der Waals surface area contributed by atoms with Crippen molar-refractivity contribution in [1.82, 2.24) is 15.1 Å². The number of likely N-dealkylation sites (tertiary alicyclic amines) is 2. The fourth-order valence-corrected chi connectivity index (χ4v) is 12.2. The van der Waals surface area contributed by atoms with Crippen molar-refractivity contribution < 1.29 is 35.8 Å². The van der Waals surface area contributed by atoms with E-state index in [1.807, 2.05) is 48.5 Å². The highest BCUT2D eigenvalue weighted by molar-refractivity contribution is 7.17. The Balaban J connectivity index is 0.000000149. The highest BCUT2D eigenvalue weighted by Crippen LogP contribution is 2.34. The topological polar surface area (TPSA) is 164 Å². The summed E-state index contributed by atoms with van der Waals surface area (Å²) in [6, 6.07) is 32.0. The number of hydrogen-bond donors (Lipinski definition) is 5. The molecule has 0 bridgehead atoms. The number of aliphatic carboxylic acids is 1. The van der Waals surface area contributed by atoms with Gasteiger partial charge in [-0.3, -0.25) is 9.59 Å². The Bertz CT molecular complexity index is 2740. The fraction of sp³-hybridized carbons (Fsp3) is 0.483. The van der Waals surface area contributed by atoms with Crippen LogP contribution >= 0.6 is 22.7 Å². The zero-order chi connectivity index (χ0) is 50.3. The molecule has 4 saturated heterocycles. The summed E-state index contributed by atoms with van der Waals surface area (Å²) < 4.78 is 14.1. The molecule has 73 heavy (non-hydrogen) atoms. The molecule has 0 spiro atoms. The van der Waals surface area contributed by atoms with Gasteiger partial charge in [0.05, 0.1) is 36.2 Å². The molecule has 2 aliphatic carbocycles. The molecule has 6 fully saturated rings. The van der Waals surface area contributed by atoms with Crippen molar-refractivity contribution in [2.75, 3.05) is 75.2 Å². The maximum Gasteiger partial charge on any atom is 0.308 e. The summed E-state index contributed by atoms with van der Waals surface area (Å²) in [4.78, 5) is 33.5. The number of nitrogens with two attached hydrogens (primary N) is 1. The van der Waals surface area contributed by atoms with Crippen LogP contribution in [-0.2, 0) is 9.59 Å². The molecule has 12 rings (SSSR count). The quantitative estimate of drug-likeness (QED) is 0.0589. The maximum absolute atomic E-state index is 13.4. The molecule has 6 atom stereocenters. The predicted octanol–water partition coefficient (Wildman–Crippen LogP) is 9.33. The maximum atomic E-state index is 13.4. The van der Waals surface area contributed by atoms with Crippen LogP contribution in [0.15, 0.2) is 108 Å². The van der Waals surface area contributed by atoms with Gasteiger partial charge in [-0.2, -0.15) is 0 Å². The molecule has 6 aromatic rings. The highest BCUT2D eigenvalue weighted by atomic mass is 32.1. The summed E-state index contributed by atoms with van der Waals surface area (Å²) >= 11 is 3.48. The van der Waals surface area contributed by atoms with Gasteiger partial charge in [-0.05, 0) is 184 Å². The van der Waals surface area contributed by atoms with Crippen molar-refractivity contribution >= 4 is 66.1 Å². The van der Waals surface area contributed by atoms with E-state index in [0.29, 0.717) is 31.8 Å². The number of nitrogens with one attached hydrogen (secondary N) is 1. The van der Waals surface area contributed by atoms with E-state index >= 15 is 0 Å². The summed E-state index contributed by atoms with van der Waals surface area (Å²) in [5.41, 5.74) is 10.2. The standard InChI is InChI=1S/C29H35N3O3S.C16H24N2O2.C13H13NO2S.H2/c33-28(21-4-7-24(8-5-21)35-25-9-10-25)26(19-31-13-1-2-14-31)30-29(34)22-11-15-32(18-22)23-6-3-20-12-16-36-27(20)17-23;17-15(11-18-9-1-2-10-18)16(19)12-3-5-13(6-4-12)20-14-7-8-14;15-13(16)10-3-5-14(8-10)11-2-1-9-4-6-17-12(9)7-11;/h3-8,12,16-17,22,25-26,28,33H,1-2,9-11,13-15,18-19H2,(H,30,34);3-6,14-16,19H,1-2,7-11,17H2;1-2,4,6-7,10H,3,5,8H2,(H,15,16);1H/t22-,26-,28-;15-,16-;10-;/m111./s1. The van der Waals surface area contributed by atoms with Crippen LogP contribution in [0.2, 0.25) is 0 Å². The van der Waals surface area contributed by atoms with E-state index in [1.54, 1.807) is 22.7 Å². The van der Waals surface area contributed by atoms with E-state index < -0.39 is 18.2 Å². The number of carboxylic acid groups (broad SMARTS) is 1. The molecule has 0 radical (unpaired) electrons. The van der Waals surface area contributed by atoms with E-state index in [4.69, 9.17) is 20.3 Å². The van der Waals surface area contributed by atoms with E-state index in [-0.39, 0.29) is 31.3 Å². The Morgan fingerprint density at radius 1 is 0.603 bits per heavy atom. The molecule has 2 aromatic heterocycles. The van der Waals surface area contributed by atoms with Gasteiger partial charge in [0.15, 0.2) is 0 Å². The number of aliphatic hydroxyl groups is 2. The third-order valence-corrected chi connectivity index (χ3v) is 17.0. The number of rotatable bonds is 17. The number of aliphatic hydroxyl groups excluding tert-OH is 2. The van der Waals surface area contributed by atoms with Gasteiger partial charge < -0.3 is 55.4 Å². The average molecular weight is 1030 g/mol. The van der Waals surface area contributed by atoms with Crippen molar-refractivity contribution in [2.24, 2.45) is 17.6 Å². The minimum absolute atomic E-state index is 0. The summed E-state index contributed by atoms with van der Waals surface area (Å²) in [5, 5.41) is 40.6. The number of benzene rings is 4. The molecule has 390 valence electrons. The SMILES string of the molecule is N[C@H](CN1CCCC1)[C@H](O)c1ccc(OC2CC2)cc1.O=C(N[C@H](CN1CCCC1)[C@H](O)c1ccc(OC2CC2)cc1)[C@@H]1CCN(c2ccc3ccsc3c2)C1.O=C(O)[C@@H]1CCN(c2ccc3ccsc3c2)C1.[HH]. The first-order chi connectivity index (χ1) is 35.6. The lowest BCUT2D eigenvalue weighted by Crippen LogP contribution is -2.48. The van der Waals surface area contributed by atoms with Gasteiger partial charge in [-0.15, -0.1) is 22.7 Å². The minimum Gasteiger partial charge on any atom is -0.490 e. The predicted molar refractivity (Wildman–Crippen MR) is 295 cm³/mol. The third-order valence-electron chi connectivity index (χ3n) is 15.2. The van der Waals surface area contributed by atoms with Crippen LogP contribution in [0.25, 0.3) is 20.2 Å². The lowest BCUT2D eigenvalue weighted by molar-refractivity contribution is -0.141. The number of hydrogen-bond acceptors (Lipinski definition) is 13. The normalized spacial score (nSPS) is 21.8. The number of anilines is 2. The van der Waals surface area contributed by atoms with Crippen molar-refractivity contribution in [3.05, 3.63) is 119 Å². The summed E-state index contributed by atoms with van der Waals surface area (Å²) in [6.45, 7) is 8.74. The van der Waals surface area contributed by atoms with Crippen molar-refractivity contribution in [3.8, 4) is 11.5 Å². The molecule has 13 nitrogen and oxygen atoms in total. The van der Waals surface area contributed by atoms with Gasteiger partial charge >= 0.3 is 5.97 Å². The molecule has 4 aliphatic heterocycles. The highest BCUT2D eigenvalue weighted by Gasteiger charge is 2.34. The Morgan fingerprint density at radius 3 is 1.55 bits per heavy atom. The third kappa shape index (κ3) is 13.7. The lowest BCUT2D eigenvalue weighted by atomic mass is 10.00. The number of amides is 1. The van der Waals surface area contributed by atoms with Gasteiger partial charge in [-0.1, -0.05) is 36.4 Å². The lowest BCUT2D eigenvalue weighted by Gasteiger charge is -2.30. The first-order valence-electron chi connectivity index (χ1n) is 26.7. The number of ether oxygens (including phenoxy) is 2. The molecule has 4 aromatic carbocycles. The second kappa shape index (κ2) is 24.0. The van der Waals surface area contributed by atoms with Crippen molar-refractivity contribution in [1.29, 1.82) is 0 Å². The second-order valence-corrected chi connectivity index (χ2v) is 22.8. The number of carboxylic acids is 1. The Hall–Kier alpha value is -5.26. The Labute approximate surface area is 439 Å². The van der Waals surface area contributed by atoms with Crippen LogP contribution in [0.4, 0.5) is 11.4 Å². The molecular formula is C58H74N6O7S2. The number of carbonyl (C=O) groups excluding carboxylic acids is 1. The molecule has 15 heteroatoms. The van der Waals surface area contributed by atoms with Crippen LogP contribution < -0.4 is 30.3 Å². The molecule has 0 unspecified atom stereocenters. The number of fused-ring (bicyclic) bond motifs is 2. The number of thiophene rings is 2. The summed E-state index contributed by atoms with van der Waals surface area (Å²) in [5.74, 6) is 0.814. The average Bonchev–Trinajstić information content (AvgIpc) is 3.92. The molecular weight excluding hydrogens is 957 g/mol. The molecule has 6 N–H and O–H groups in total. The minimum atomic E-state index is -0.761. The van der Waals surface area contributed by atoms with Gasteiger partial charge in [0.2, 0.25) is 5.91 Å². The first-order valence-corrected chi connectivity index (χ1v) is 28.4. The Kier molecular flexibility index (Phi) is 16.8. The second-order valence-electron chi connectivity index (χ2n) is 20.9. The molecule has 2 saturated carbocycles. The monoisotopic (exact) mass is 1030 g/mol. The number of nitrogens with zero attached hydrogens (tertiary/aromatic N) is 4. The van der Waals surface area contributed by atoms with Crippen LogP contribution in [0.5, 0.6) is 11.5 Å². The van der Waals surface area contributed by atoms with E-state index in [0.717, 1.165) is 113 Å². The summed E-state index contributed by atoms with van der Waals surface area (Å²) in [6.07, 6.45) is 10.4. The largest absolute Gasteiger partial charge is 0.490 e. The van der Waals surface area contributed by atoms with E-state index in [9.17, 15) is 19.8 Å². The first kappa shape index (κ1) is 51.2. The summed E-state index contributed by atoms with van der Waals surface area (Å²) in [7, 11) is 0. The molecule has 1 amide bonds. The van der Waals surface area contributed by atoms with Crippen LogP contribution in [0, 0.1) is 11.8 Å². The zero-order valence-electron chi connectivity index (χ0n) is 41.8. The van der Waals surface area contributed by atoms with E-state index in [1.165, 1.54) is 51.5 Å². The van der Waals surface area contributed by atoms with E-state index in [2.05, 4.69) is 84.2 Å². The van der Waals surface area contributed by atoms with Gasteiger partial charge in [-0.25, -0.2) is 0 Å². The van der Waals surface area contributed by atoms with Crippen LogP contribution in [-0.4, -0.2) is 127 Å². The molecule has 6 heterocycles.